The fraction of sp³-hybridized carbons (Fsp3) is 0.929. The Labute approximate surface area is 181 Å². The third kappa shape index (κ3) is 3.66. The molecule has 4 aliphatic rings. The van der Waals surface area contributed by atoms with Gasteiger partial charge < -0.3 is 5.11 Å². The SMILES string of the molecule is CC(C)C(C)CC[C@@H](C)C1CCC2C3=C(CCC21C)C1(C)CCC(O)CC1CC3. The first-order chi connectivity index (χ1) is 13.7. The van der Waals surface area contributed by atoms with Gasteiger partial charge in [-0.1, -0.05) is 65.5 Å². The Hall–Kier alpha value is -0.300. The number of fused-ring (bicyclic) bond motifs is 4. The van der Waals surface area contributed by atoms with Crippen molar-refractivity contribution in [3.8, 4) is 0 Å². The zero-order chi connectivity index (χ0) is 21.0. The molecule has 0 amide bonds. The first-order valence-corrected chi connectivity index (χ1v) is 13.1. The van der Waals surface area contributed by atoms with Gasteiger partial charge in [0.15, 0.2) is 0 Å². The number of hydrogen-bond acceptors (Lipinski definition) is 1. The predicted octanol–water partition coefficient (Wildman–Crippen LogP) is 7.78. The number of aliphatic hydroxyl groups is 1. The molecule has 0 aromatic rings. The van der Waals surface area contributed by atoms with Gasteiger partial charge in [-0.05, 0) is 104 Å². The zero-order valence-electron chi connectivity index (χ0n) is 20.3. The Bertz CT molecular complexity index is 632. The molecule has 0 aromatic carbocycles. The van der Waals surface area contributed by atoms with Gasteiger partial charge in [0.05, 0.1) is 6.10 Å². The summed E-state index contributed by atoms with van der Waals surface area (Å²) in [7, 11) is 0. The van der Waals surface area contributed by atoms with Crippen LogP contribution in [0.25, 0.3) is 0 Å². The summed E-state index contributed by atoms with van der Waals surface area (Å²) in [6, 6.07) is 0. The minimum absolute atomic E-state index is 0.0333. The van der Waals surface area contributed by atoms with Gasteiger partial charge in [-0.25, -0.2) is 0 Å². The van der Waals surface area contributed by atoms with Crippen LogP contribution >= 0.6 is 0 Å². The first kappa shape index (κ1) is 21.9. The molecule has 2 fully saturated rings. The molecule has 1 N–H and O–H groups in total. The van der Waals surface area contributed by atoms with E-state index in [0.717, 1.165) is 48.3 Å². The number of allylic oxidation sites excluding steroid dienone is 2. The van der Waals surface area contributed by atoms with Crippen LogP contribution in [0.4, 0.5) is 0 Å². The number of rotatable bonds is 5. The Morgan fingerprint density at radius 2 is 1.69 bits per heavy atom. The maximum atomic E-state index is 10.3. The van der Waals surface area contributed by atoms with Crippen molar-refractivity contribution >= 4 is 0 Å². The van der Waals surface area contributed by atoms with Crippen molar-refractivity contribution in [1.29, 1.82) is 0 Å². The summed E-state index contributed by atoms with van der Waals surface area (Å²) in [5, 5.41) is 10.3. The second-order valence-corrected chi connectivity index (χ2v) is 12.6. The van der Waals surface area contributed by atoms with E-state index in [1.165, 1.54) is 57.8 Å². The molecule has 0 radical (unpaired) electrons. The monoisotopic (exact) mass is 400 g/mol. The lowest BCUT2D eigenvalue weighted by Gasteiger charge is -2.55. The van der Waals surface area contributed by atoms with Crippen molar-refractivity contribution in [3.05, 3.63) is 11.1 Å². The second-order valence-electron chi connectivity index (χ2n) is 12.6. The molecular formula is C28H48O. The van der Waals surface area contributed by atoms with Gasteiger partial charge in [0, 0.05) is 0 Å². The maximum absolute atomic E-state index is 10.3. The minimum atomic E-state index is -0.0333. The highest BCUT2D eigenvalue weighted by Gasteiger charge is 2.55. The molecule has 0 spiro atoms. The van der Waals surface area contributed by atoms with Crippen molar-refractivity contribution in [2.45, 2.75) is 118 Å². The molecule has 7 unspecified atom stereocenters. The topological polar surface area (TPSA) is 20.2 Å². The highest BCUT2D eigenvalue weighted by Crippen LogP contribution is 2.66. The molecule has 1 heteroatoms. The van der Waals surface area contributed by atoms with Gasteiger partial charge in [0.1, 0.15) is 0 Å². The van der Waals surface area contributed by atoms with E-state index in [4.69, 9.17) is 0 Å². The van der Waals surface area contributed by atoms with E-state index in [0.29, 0.717) is 10.8 Å². The largest absolute Gasteiger partial charge is 0.393 e. The number of hydrogen-bond donors (Lipinski definition) is 1. The van der Waals surface area contributed by atoms with Gasteiger partial charge in [-0.15, -0.1) is 0 Å². The summed E-state index contributed by atoms with van der Waals surface area (Å²) in [5.41, 5.74) is 4.75. The highest BCUT2D eigenvalue weighted by atomic mass is 16.3. The predicted molar refractivity (Wildman–Crippen MR) is 124 cm³/mol. The highest BCUT2D eigenvalue weighted by molar-refractivity contribution is 5.34. The molecule has 4 aliphatic carbocycles. The third-order valence-corrected chi connectivity index (χ3v) is 10.9. The Kier molecular flexibility index (Phi) is 6.04. The molecule has 0 aromatic heterocycles. The normalized spacial score (nSPS) is 44.3. The summed E-state index contributed by atoms with van der Waals surface area (Å²) < 4.78 is 0. The lowest BCUT2D eigenvalue weighted by atomic mass is 9.50. The van der Waals surface area contributed by atoms with Gasteiger partial charge in [0.25, 0.3) is 0 Å². The molecule has 166 valence electrons. The molecule has 1 nitrogen and oxygen atoms in total. The van der Waals surface area contributed by atoms with Crippen LogP contribution in [0, 0.1) is 46.3 Å². The lowest BCUT2D eigenvalue weighted by Crippen LogP contribution is -2.45. The summed E-state index contributed by atoms with van der Waals surface area (Å²) in [6.45, 7) is 15.1. The zero-order valence-corrected chi connectivity index (χ0v) is 20.3. The van der Waals surface area contributed by atoms with Crippen molar-refractivity contribution in [1.82, 2.24) is 0 Å². The third-order valence-electron chi connectivity index (χ3n) is 10.9. The van der Waals surface area contributed by atoms with Crippen LogP contribution in [-0.2, 0) is 0 Å². The van der Waals surface area contributed by atoms with Crippen LogP contribution < -0.4 is 0 Å². The van der Waals surface area contributed by atoms with Crippen LogP contribution in [0.3, 0.4) is 0 Å². The van der Waals surface area contributed by atoms with Crippen molar-refractivity contribution < 1.29 is 5.11 Å². The van der Waals surface area contributed by atoms with Crippen LogP contribution in [0.15, 0.2) is 11.1 Å². The van der Waals surface area contributed by atoms with E-state index in [1.807, 2.05) is 11.1 Å². The summed E-state index contributed by atoms with van der Waals surface area (Å²) in [4.78, 5) is 0. The van der Waals surface area contributed by atoms with E-state index in [-0.39, 0.29) is 6.10 Å². The molecule has 8 atom stereocenters. The minimum Gasteiger partial charge on any atom is -0.393 e. The molecule has 2 saturated carbocycles. The molecule has 0 bridgehead atoms. The molecular weight excluding hydrogens is 352 g/mol. The van der Waals surface area contributed by atoms with E-state index < -0.39 is 0 Å². The van der Waals surface area contributed by atoms with Gasteiger partial charge in [-0.3, -0.25) is 0 Å². The average Bonchev–Trinajstić information content (AvgIpc) is 3.03. The molecule has 0 heterocycles. The summed E-state index contributed by atoms with van der Waals surface area (Å²) >= 11 is 0. The fourth-order valence-electron chi connectivity index (χ4n) is 8.47. The molecule has 0 saturated heterocycles. The van der Waals surface area contributed by atoms with Crippen LogP contribution in [0.1, 0.15) is 112 Å². The molecule has 0 aliphatic heterocycles. The van der Waals surface area contributed by atoms with Gasteiger partial charge in [0.2, 0.25) is 0 Å². The Morgan fingerprint density at radius 1 is 0.931 bits per heavy atom. The standard InChI is InChI=1S/C28H48O/c1-18(2)19(3)7-8-20(4)24-11-12-25-23-10-9-21-17-22(29)13-15-27(21,5)26(23)14-16-28(24,25)6/h18-22,24-25,29H,7-17H2,1-6H3/t19?,20-,21?,22?,24?,25?,27?,28?/m1/s1. The van der Waals surface area contributed by atoms with Crippen LogP contribution in [0.5, 0.6) is 0 Å². The first-order valence-electron chi connectivity index (χ1n) is 13.1. The van der Waals surface area contributed by atoms with E-state index in [1.54, 1.807) is 0 Å². The number of aliphatic hydroxyl groups excluding tert-OH is 1. The fourth-order valence-corrected chi connectivity index (χ4v) is 8.47. The van der Waals surface area contributed by atoms with Crippen LogP contribution in [-0.4, -0.2) is 11.2 Å². The lowest BCUT2D eigenvalue weighted by molar-refractivity contribution is 0.0131. The molecule has 29 heavy (non-hydrogen) atoms. The Morgan fingerprint density at radius 3 is 2.41 bits per heavy atom. The smallest absolute Gasteiger partial charge is 0.0543 e. The van der Waals surface area contributed by atoms with Gasteiger partial charge in [-0.2, -0.15) is 0 Å². The van der Waals surface area contributed by atoms with Crippen molar-refractivity contribution in [2.75, 3.05) is 0 Å². The average molecular weight is 401 g/mol. The van der Waals surface area contributed by atoms with E-state index in [9.17, 15) is 5.11 Å². The van der Waals surface area contributed by atoms with Gasteiger partial charge >= 0.3 is 0 Å². The molecule has 4 rings (SSSR count). The second kappa shape index (κ2) is 7.99. The van der Waals surface area contributed by atoms with Crippen molar-refractivity contribution in [3.63, 3.8) is 0 Å². The summed E-state index contributed by atoms with van der Waals surface area (Å²) in [6.07, 6.45) is 14.5. The quantitative estimate of drug-likeness (QED) is 0.467. The summed E-state index contributed by atoms with van der Waals surface area (Å²) in [5.74, 6) is 5.10. The Balaban J connectivity index is 1.52. The van der Waals surface area contributed by atoms with Crippen molar-refractivity contribution in [2.24, 2.45) is 46.3 Å². The maximum Gasteiger partial charge on any atom is 0.0543 e. The van der Waals surface area contributed by atoms with E-state index in [2.05, 4.69) is 41.5 Å². The van der Waals surface area contributed by atoms with E-state index >= 15 is 0 Å². The van der Waals surface area contributed by atoms with Crippen LogP contribution in [0.2, 0.25) is 0 Å².